The Labute approximate surface area is 427 Å². The summed E-state index contributed by atoms with van der Waals surface area (Å²) in [6, 6.07) is 18.1. The van der Waals surface area contributed by atoms with Crippen molar-refractivity contribution in [1.82, 2.24) is 10.6 Å². The number of nitrogens with one attached hydrogen (secondary N) is 2. The molecular weight excluding hydrogens is 945 g/mol. The standard InChI is InChI=1S/C55H76N2O16/c1-29-17-20-55(67-27-29)30(2)41-38(73-55)22-36-35-16-15-33-21-34(18-19-53(33,3)42(35)37(59)23-54(36,41)4)68-49-45(62)43(60)47(39(26-58)69-49)71-50-46(63)44(61)48(72-52(65)57-25-32-13-9-6-10-14-32)40(70-50)28-66-51(64)56-24-31-11-7-5-8-12-31/h5-14,29-30,33-36,38-50,58,60-63H,15-28H2,1-4H3,(H,56,64)(H,57,65)/t29-,30?,33+,34+,35+,36+,38?,39-,40-,41?,42-,43-,44-,45-,46-,47-,48-,49-,50+,53+,54+,55-/m1/s1. The van der Waals surface area contributed by atoms with Gasteiger partial charge in [0.25, 0.3) is 0 Å². The average Bonchev–Trinajstić information content (AvgIpc) is 3.83. The van der Waals surface area contributed by atoms with Gasteiger partial charge in [0.2, 0.25) is 0 Å². The Hall–Kier alpha value is -3.79. The molecule has 73 heavy (non-hydrogen) atoms. The minimum absolute atomic E-state index is 0.0624. The summed E-state index contributed by atoms with van der Waals surface area (Å²) in [5, 5.41) is 61.8. The molecule has 402 valence electrons. The summed E-state index contributed by atoms with van der Waals surface area (Å²) in [5.41, 5.74) is 1.20. The predicted octanol–water partition coefficient (Wildman–Crippen LogP) is 4.49. The van der Waals surface area contributed by atoms with Crippen LogP contribution in [0.3, 0.4) is 0 Å². The van der Waals surface area contributed by atoms with E-state index in [1.807, 2.05) is 36.4 Å². The summed E-state index contributed by atoms with van der Waals surface area (Å²) >= 11 is 0. The third-order valence-corrected chi connectivity index (χ3v) is 18.8. The molecule has 22 atom stereocenters. The van der Waals surface area contributed by atoms with E-state index in [0.717, 1.165) is 49.7 Å². The molecule has 18 nitrogen and oxygen atoms in total. The Balaban J connectivity index is 0.762. The SMILES string of the molecule is CC1C2C(C[C@H]3[C@@H]4CC[C@H]5C[C@@H](O[C@@H]6O[C@H](CO)[C@@H](O[C@@H]7O[C@H](COC(=O)NCc8ccccc8)[C@@H](OC(=O)NCc8ccccc8)[C@H](O)[C@H]7O)[C@H](O)[C@H]6O)CC[C@]5(C)[C@H]4C(=O)C[C@]23C)O[C@]12CC[C@@H](C)CO2. The molecule has 4 aliphatic heterocycles. The summed E-state index contributed by atoms with van der Waals surface area (Å²) in [7, 11) is 0. The van der Waals surface area contributed by atoms with Crippen LogP contribution in [0.25, 0.3) is 0 Å². The molecule has 10 rings (SSSR count). The summed E-state index contributed by atoms with van der Waals surface area (Å²) in [6.45, 7) is 8.84. The van der Waals surface area contributed by atoms with Gasteiger partial charge in [-0.3, -0.25) is 4.79 Å². The van der Waals surface area contributed by atoms with Gasteiger partial charge in [0.05, 0.1) is 25.4 Å². The molecule has 0 aromatic heterocycles. The molecule has 2 aromatic rings. The van der Waals surface area contributed by atoms with Crippen molar-refractivity contribution < 1.29 is 77.8 Å². The minimum Gasteiger partial charge on any atom is -0.447 e. The van der Waals surface area contributed by atoms with E-state index in [4.69, 9.17) is 37.9 Å². The Morgan fingerprint density at radius 1 is 0.740 bits per heavy atom. The van der Waals surface area contributed by atoms with Crippen molar-refractivity contribution in [3.05, 3.63) is 71.8 Å². The Bertz CT molecular complexity index is 2230. The molecule has 0 radical (unpaired) electrons. The lowest BCUT2D eigenvalue weighted by molar-refractivity contribution is -0.363. The molecule has 2 amide bonds. The molecule has 2 aromatic carbocycles. The highest BCUT2D eigenvalue weighted by molar-refractivity contribution is 5.84. The van der Waals surface area contributed by atoms with Crippen LogP contribution in [0.2, 0.25) is 0 Å². The van der Waals surface area contributed by atoms with Crippen LogP contribution in [0.15, 0.2) is 60.7 Å². The smallest absolute Gasteiger partial charge is 0.407 e. The van der Waals surface area contributed by atoms with Crippen LogP contribution in [-0.4, -0.2) is 143 Å². The van der Waals surface area contributed by atoms with E-state index in [9.17, 15) is 39.9 Å². The average molecular weight is 1020 g/mol. The largest absolute Gasteiger partial charge is 0.447 e. The van der Waals surface area contributed by atoms with Gasteiger partial charge in [-0.15, -0.1) is 0 Å². The number of ether oxygens (including phenoxy) is 8. The van der Waals surface area contributed by atoms with Crippen LogP contribution < -0.4 is 10.6 Å². The maximum atomic E-state index is 14.7. The van der Waals surface area contributed by atoms with E-state index >= 15 is 0 Å². The minimum atomic E-state index is -1.90. The van der Waals surface area contributed by atoms with E-state index in [1.165, 1.54) is 0 Å². The van der Waals surface area contributed by atoms with Crippen molar-refractivity contribution in [3.8, 4) is 0 Å². The fourth-order valence-corrected chi connectivity index (χ4v) is 15.1. The fourth-order valence-electron chi connectivity index (χ4n) is 15.1. The van der Waals surface area contributed by atoms with Gasteiger partial charge in [-0.1, -0.05) is 88.4 Å². The molecule has 4 heterocycles. The zero-order chi connectivity index (χ0) is 51.4. The Kier molecular flexibility index (Phi) is 15.4. The Morgan fingerprint density at radius 3 is 2.04 bits per heavy atom. The van der Waals surface area contributed by atoms with Crippen LogP contribution in [0, 0.1) is 52.3 Å². The first-order valence-corrected chi connectivity index (χ1v) is 26.7. The number of hydrogen-bond acceptors (Lipinski definition) is 16. The van der Waals surface area contributed by atoms with E-state index in [2.05, 4.69) is 38.3 Å². The molecule has 8 fully saturated rings. The molecule has 0 bridgehead atoms. The van der Waals surface area contributed by atoms with Crippen molar-refractivity contribution in [1.29, 1.82) is 0 Å². The predicted molar refractivity (Wildman–Crippen MR) is 258 cm³/mol. The van der Waals surface area contributed by atoms with Crippen molar-refractivity contribution in [3.63, 3.8) is 0 Å². The monoisotopic (exact) mass is 1020 g/mol. The second-order valence-corrected chi connectivity index (χ2v) is 23.2. The van der Waals surface area contributed by atoms with Crippen molar-refractivity contribution in [2.75, 3.05) is 19.8 Å². The number of alkyl carbamates (subject to hydrolysis) is 2. The van der Waals surface area contributed by atoms with Gasteiger partial charge < -0.3 is 74.1 Å². The molecule has 18 heteroatoms. The highest BCUT2D eigenvalue weighted by Gasteiger charge is 2.71. The van der Waals surface area contributed by atoms with Gasteiger partial charge in [-0.2, -0.15) is 0 Å². The molecule has 8 aliphatic rings. The lowest BCUT2D eigenvalue weighted by Crippen LogP contribution is -2.65. The lowest BCUT2D eigenvalue weighted by atomic mass is 9.44. The van der Waals surface area contributed by atoms with Crippen molar-refractivity contribution in [2.24, 2.45) is 52.3 Å². The number of ketones is 1. The first-order valence-electron chi connectivity index (χ1n) is 26.7. The van der Waals surface area contributed by atoms with Gasteiger partial charge in [0.15, 0.2) is 24.5 Å². The Morgan fingerprint density at radius 2 is 1.38 bits per heavy atom. The topological polar surface area (TPSA) is 250 Å². The molecular formula is C55H76N2O16. The van der Waals surface area contributed by atoms with Crippen LogP contribution in [0.1, 0.15) is 96.6 Å². The van der Waals surface area contributed by atoms with Gasteiger partial charge in [-0.25, -0.2) is 9.59 Å². The number of aliphatic hydroxyl groups is 5. The normalized spacial score (nSPS) is 45.1. The second kappa shape index (κ2) is 21.3. The van der Waals surface area contributed by atoms with E-state index in [0.29, 0.717) is 43.5 Å². The highest BCUT2D eigenvalue weighted by Crippen LogP contribution is 2.70. The van der Waals surface area contributed by atoms with E-state index in [-0.39, 0.29) is 65.7 Å². The zero-order valence-electron chi connectivity index (χ0n) is 42.4. The second-order valence-electron chi connectivity index (χ2n) is 23.2. The van der Waals surface area contributed by atoms with Gasteiger partial charge in [-0.05, 0) is 96.5 Å². The number of carbonyl (C=O) groups is 3. The van der Waals surface area contributed by atoms with Crippen LogP contribution in [0.4, 0.5) is 9.59 Å². The van der Waals surface area contributed by atoms with Crippen molar-refractivity contribution >= 4 is 18.0 Å². The van der Waals surface area contributed by atoms with Crippen molar-refractivity contribution in [2.45, 2.75) is 178 Å². The number of rotatable bonds is 12. The van der Waals surface area contributed by atoms with Crippen LogP contribution in [-0.2, 0) is 55.8 Å². The third-order valence-electron chi connectivity index (χ3n) is 18.8. The summed E-state index contributed by atoms with van der Waals surface area (Å²) in [5.74, 6) is 1.62. The van der Waals surface area contributed by atoms with E-state index in [1.54, 1.807) is 24.3 Å². The number of fused-ring (bicyclic) bond motifs is 7. The molecule has 3 unspecified atom stereocenters. The number of aliphatic hydroxyl groups excluding tert-OH is 5. The first kappa shape index (κ1) is 52.6. The number of benzene rings is 2. The maximum absolute atomic E-state index is 14.7. The molecule has 4 saturated heterocycles. The van der Waals surface area contributed by atoms with Gasteiger partial charge >= 0.3 is 12.2 Å². The molecule has 1 spiro atoms. The summed E-state index contributed by atoms with van der Waals surface area (Å²) in [4.78, 5) is 40.5. The van der Waals surface area contributed by atoms with E-state index < -0.39 is 92.6 Å². The van der Waals surface area contributed by atoms with Gasteiger partial charge in [0.1, 0.15) is 55.1 Å². The lowest BCUT2D eigenvalue weighted by Gasteiger charge is -2.60. The quantitative estimate of drug-likeness (QED) is 0.145. The third kappa shape index (κ3) is 10.1. The van der Waals surface area contributed by atoms with Crippen LogP contribution >= 0.6 is 0 Å². The fraction of sp³-hybridized carbons (Fsp3) is 0.727. The maximum Gasteiger partial charge on any atom is 0.407 e. The summed E-state index contributed by atoms with van der Waals surface area (Å²) in [6.07, 6.45) is -10.8. The molecule has 4 saturated carbocycles. The number of amides is 2. The summed E-state index contributed by atoms with van der Waals surface area (Å²) < 4.78 is 49.1. The zero-order valence-corrected chi connectivity index (χ0v) is 42.4. The van der Waals surface area contributed by atoms with Crippen LogP contribution in [0.5, 0.6) is 0 Å². The highest BCUT2D eigenvalue weighted by atomic mass is 16.8. The van der Waals surface area contributed by atoms with Gasteiger partial charge in [0, 0.05) is 37.8 Å². The molecule has 4 aliphatic carbocycles. The number of carbonyl (C=O) groups excluding carboxylic acids is 3. The number of hydrogen-bond donors (Lipinski definition) is 7. The molecule has 7 N–H and O–H groups in total. The first-order chi connectivity index (χ1) is 35.0. The number of Topliss-reactive ketones (excluding diaryl/α,β-unsaturated/α-hetero) is 1.